The summed E-state index contributed by atoms with van der Waals surface area (Å²) < 4.78 is 0. The smallest absolute Gasteiger partial charge is 0.0668 e. The number of rotatable bonds is 1. The van der Waals surface area contributed by atoms with Gasteiger partial charge in [0, 0.05) is 12.1 Å². The Labute approximate surface area is 96.9 Å². The van der Waals surface area contributed by atoms with E-state index in [1.165, 1.54) is 0 Å². The number of aliphatic hydroxyl groups is 1. The van der Waals surface area contributed by atoms with E-state index in [1.54, 1.807) is 0 Å². The van der Waals surface area contributed by atoms with Crippen molar-refractivity contribution in [1.29, 1.82) is 0 Å². The van der Waals surface area contributed by atoms with Crippen LogP contribution in [0.25, 0.3) is 0 Å². The summed E-state index contributed by atoms with van der Waals surface area (Å²) in [5, 5.41) is 9.51. The molecule has 1 fully saturated rings. The number of β-amino-alcohol motifs (C(OH)–C–C–N with tert-alkyl or cyclic N) is 1. The van der Waals surface area contributed by atoms with Crippen LogP contribution in [-0.4, -0.2) is 35.7 Å². The molecule has 1 aromatic carbocycles. The lowest BCUT2D eigenvalue weighted by Crippen LogP contribution is -2.38. The molecule has 2 rings (SSSR count). The highest BCUT2D eigenvalue weighted by molar-refractivity contribution is 5.33. The van der Waals surface area contributed by atoms with E-state index in [0.29, 0.717) is 0 Å². The van der Waals surface area contributed by atoms with Crippen LogP contribution in [0, 0.1) is 11.8 Å². The SMILES string of the molecule is OC1CCCN(CC#Cc2ccccc2)C1. The molecule has 1 aromatic rings. The summed E-state index contributed by atoms with van der Waals surface area (Å²) in [5.41, 5.74) is 1.06. The van der Waals surface area contributed by atoms with Gasteiger partial charge < -0.3 is 5.11 Å². The van der Waals surface area contributed by atoms with Gasteiger partial charge in [-0.15, -0.1) is 0 Å². The molecule has 84 valence electrons. The first kappa shape index (κ1) is 11.2. The molecule has 1 heterocycles. The molecule has 2 nitrogen and oxygen atoms in total. The van der Waals surface area contributed by atoms with Gasteiger partial charge in [-0.25, -0.2) is 0 Å². The molecular formula is C14H17NO. The van der Waals surface area contributed by atoms with Crippen molar-refractivity contribution in [3.63, 3.8) is 0 Å². The fourth-order valence-electron chi connectivity index (χ4n) is 1.95. The summed E-state index contributed by atoms with van der Waals surface area (Å²) in [6.07, 6.45) is 1.85. The Bertz CT molecular complexity index is 377. The van der Waals surface area contributed by atoms with Crippen molar-refractivity contribution < 1.29 is 5.11 Å². The zero-order valence-corrected chi connectivity index (χ0v) is 9.39. The van der Waals surface area contributed by atoms with Crippen molar-refractivity contribution >= 4 is 0 Å². The van der Waals surface area contributed by atoms with Crippen LogP contribution in [-0.2, 0) is 0 Å². The first-order valence-electron chi connectivity index (χ1n) is 5.79. The fraction of sp³-hybridized carbons (Fsp3) is 0.429. The standard InChI is InChI=1S/C14H17NO/c16-14-9-5-11-15(12-14)10-4-8-13-6-2-1-3-7-13/h1-3,6-7,14,16H,5,9-12H2. The third-order valence-corrected chi connectivity index (χ3v) is 2.79. The van der Waals surface area contributed by atoms with Crippen molar-refractivity contribution in [2.75, 3.05) is 19.6 Å². The molecule has 2 heteroatoms. The van der Waals surface area contributed by atoms with Crippen molar-refractivity contribution in [3.8, 4) is 11.8 Å². The average molecular weight is 215 g/mol. The third kappa shape index (κ3) is 3.37. The molecule has 0 spiro atoms. The van der Waals surface area contributed by atoms with Crippen LogP contribution in [0.15, 0.2) is 30.3 Å². The summed E-state index contributed by atoms with van der Waals surface area (Å²) in [6, 6.07) is 10.0. The number of benzene rings is 1. The lowest BCUT2D eigenvalue weighted by Gasteiger charge is -2.28. The predicted octanol–water partition coefficient (Wildman–Crippen LogP) is 1.49. The van der Waals surface area contributed by atoms with Gasteiger partial charge in [0.25, 0.3) is 0 Å². The highest BCUT2D eigenvalue weighted by Gasteiger charge is 2.15. The van der Waals surface area contributed by atoms with E-state index < -0.39 is 0 Å². The lowest BCUT2D eigenvalue weighted by atomic mass is 10.1. The monoisotopic (exact) mass is 215 g/mol. The fourth-order valence-corrected chi connectivity index (χ4v) is 1.95. The summed E-state index contributed by atoms with van der Waals surface area (Å²) in [4.78, 5) is 2.21. The maximum absolute atomic E-state index is 9.51. The Morgan fingerprint density at radius 2 is 2.12 bits per heavy atom. The zero-order chi connectivity index (χ0) is 11.2. The van der Waals surface area contributed by atoms with Crippen LogP contribution in [0.1, 0.15) is 18.4 Å². The summed E-state index contributed by atoms with van der Waals surface area (Å²) in [7, 11) is 0. The summed E-state index contributed by atoms with van der Waals surface area (Å²) in [6.45, 7) is 2.58. The lowest BCUT2D eigenvalue weighted by molar-refractivity contribution is 0.0781. The van der Waals surface area contributed by atoms with Crippen molar-refractivity contribution in [1.82, 2.24) is 4.90 Å². The number of hydrogen-bond acceptors (Lipinski definition) is 2. The van der Waals surface area contributed by atoms with Crippen LogP contribution < -0.4 is 0 Å². The number of nitrogens with zero attached hydrogens (tertiary/aromatic N) is 1. The molecule has 0 saturated carbocycles. The van der Waals surface area contributed by atoms with Gasteiger partial charge in [-0.1, -0.05) is 30.0 Å². The van der Waals surface area contributed by atoms with Crippen LogP contribution in [0.2, 0.25) is 0 Å². The minimum atomic E-state index is -0.160. The van der Waals surface area contributed by atoms with Gasteiger partial charge in [0.1, 0.15) is 0 Å². The largest absolute Gasteiger partial charge is 0.392 e. The Kier molecular flexibility index (Phi) is 3.98. The molecule has 0 bridgehead atoms. The molecule has 1 aliphatic heterocycles. The minimum Gasteiger partial charge on any atom is -0.392 e. The van der Waals surface area contributed by atoms with Gasteiger partial charge in [0.15, 0.2) is 0 Å². The maximum atomic E-state index is 9.51. The Morgan fingerprint density at radius 3 is 2.88 bits per heavy atom. The van der Waals surface area contributed by atoms with Crippen LogP contribution in [0.4, 0.5) is 0 Å². The molecule has 0 radical (unpaired) electrons. The molecule has 1 saturated heterocycles. The minimum absolute atomic E-state index is 0.160. The zero-order valence-electron chi connectivity index (χ0n) is 9.39. The summed E-state index contributed by atoms with van der Waals surface area (Å²) in [5.74, 6) is 6.29. The summed E-state index contributed by atoms with van der Waals surface area (Å²) >= 11 is 0. The Balaban J connectivity index is 1.85. The van der Waals surface area contributed by atoms with Gasteiger partial charge >= 0.3 is 0 Å². The second-order valence-electron chi connectivity index (χ2n) is 4.20. The molecule has 0 amide bonds. The second-order valence-corrected chi connectivity index (χ2v) is 4.20. The van der Waals surface area contributed by atoms with E-state index >= 15 is 0 Å². The van der Waals surface area contributed by atoms with Crippen molar-refractivity contribution in [3.05, 3.63) is 35.9 Å². The van der Waals surface area contributed by atoms with E-state index in [-0.39, 0.29) is 6.10 Å². The van der Waals surface area contributed by atoms with Gasteiger partial charge in [0.2, 0.25) is 0 Å². The van der Waals surface area contributed by atoms with E-state index in [2.05, 4.69) is 16.7 Å². The Hall–Kier alpha value is -1.30. The molecule has 1 unspecified atom stereocenters. The molecule has 1 aliphatic rings. The van der Waals surface area contributed by atoms with Crippen molar-refractivity contribution in [2.24, 2.45) is 0 Å². The number of piperidine rings is 1. The molecular weight excluding hydrogens is 198 g/mol. The second kappa shape index (κ2) is 5.69. The van der Waals surface area contributed by atoms with Crippen LogP contribution >= 0.6 is 0 Å². The third-order valence-electron chi connectivity index (χ3n) is 2.79. The highest BCUT2D eigenvalue weighted by Crippen LogP contribution is 2.08. The van der Waals surface area contributed by atoms with E-state index in [4.69, 9.17) is 0 Å². The van der Waals surface area contributed by atoms with E-state index in [0.717, 1.165) is 38.0 Å². The van der Waals surface area contributed by atoms with E-state index in [1.807, 2.05) is 30.3 Å². The molecule has 16 heavy (non-hydrogen) atoms. The molecule has 0 aromatic heterocycles. The Morgan fingerprint density at radius 1 is 1.31 bits per heavy atom. The topological polar surface area (TPSA) is 23.5 Å². The van der Waals surface area contributed by atoms with Gasteiger partial charge in [-0.3, -0.25) is 4.90 Å². The highest BCUT2D eigenvalue weighted by atomic mass is 16.3. The molecule has 1 N–H and O–H groups in total. The maximum Gasteiger partial charge on any atom is 0.0668 e. The van der Waals surface area contributed by atoms with Crippen LogP contribution in [0.5, 0.6) is 0 Å². The number of aliphatic hydroxyl groups excluding tert-OH is 1. The van der Waals surface area contributed by atoms with Gasteiger partial charge in [0.05, 0.1) is 12.6 Å². The number of likely N-dealkylation sites (tertiary alicyclic amines) is 1. The van der Waals surface area contributed by atoms with Crippen LogP contribution in [0.3, 0.4) is 0 Å². The molecule has 1 atom stereocenters. The van der Waals surface area contributed by atoms with Crippen molar-refractivity contribution in [2.45, 2.75) is 18.9 Å². The van der Waals surface area contributed by atoms with Gasteiger partial charge in [-0.05, 0) is 31.5 Å². The average Bonchev–Trinajstić information content (AvgIpc) is 2.30. The first-order chi connectivity index (χ1) is 7.84. The quantitative estimate of drug-likeness (QED) is 0.718. The van der Waals surface area contributed by atoms with E-state index in [9.17, 15) is 5.11 Å². The number of hydrogen-bond donors (Lipinski definition) is 1. The normalized spacial score (nSPS) is 21.2. The first-order valence-corrected chi connectivity index (χ1v) is 5.79. The molecule has 0 aliphatic carbocycles. The van der Waals surface area contributed by atoms with Gasteiger partial charge in [-0.2, -0.15) is 0 Å². The predicted molar refractivity (Wildman–Crippen MR) is 65.0 cm³/mol.